The molecule has 1 unspecified atom stereocenters. The van der Waals surface area contributed by atoms with Crippen molar-refractivity contribution in [2.24, 2.45) is 5.41 Å². The van der Waals surface area contributed by atoms with Gasteiger partial charge in [-0.05, 0) is 34.8 Å². The van der Waals surface area contributed by atoms with Crippen LogP contribution in [0.5, 0.6) is 0 Å². The highest BCUT2D eigenvalue weighted by molar-refractivity contribution is 5.92. The SMILES string of the molecule is CC(CNC(=O)c1ccccn1)c1ccc(C2=CC=CC(C)(C)C=C2)cc1. The van der Waals surface area contributed by atoms with Crippen LogP contribution in [0.15, 0.2) is 79.0 Å². The molecule has 3 nitrogen and oxygen atoms in total. The highest BCUT2D eigenvalue weighted by Crippen LogP contribution is 2.27. The second-order valence-corrected chi connectivity index (χ2v) is 7.58. The number of aromatic nitrogens is 1. The Hall–Kier alpha value is -2.94. The van der Waals surface area contributed by atoms with Crippen LogP contribution < -0.4 is 5.32 Å². The summed E-state index contributed by atoms with van der Waals surface area (Å²) in [5, 5.41) is 2.96. The third-order valence-electron chi connectivity index (χ3n) is 4.77. The minimum atomic E-state index is -0.137. The van der Waals surface area contributed by atoms with Crippen LogP contribution in [0.4, 0.5) is 0 Å². The van der Waals surface area contributed by atoms with E-state index in [0.29, 0.717) is 12.2 Å². The Kier molecular flexibility index (Phi) is 5.70. The Balaban J connectivity index is 1.62. The Morgan fingerprint density at radius 2 is 1.89 bits per heavy atom. The average molecular weight is 358 g/mol. The summed E-state index contributed by atoms with van der Waals surface area (Å²) >= 11 is 0. The highest BCUT2D eigenvalue weighted by atomic mass is 16.1. The molecule has 2 aromatic rings. The molecular weight excluding hydrogens is 332 g/mol. The van der Waals surface area contributed by atoms with Crippen LogP contribution in [0, 0.1) is 5.41 Å². The summed E-state index contributed by atoms with van der Waals surface area (Å²) in [7, 11) is 0. The van der Waals surface area contributed by atoms with Crippen molar-refractivity contribution < 1.29 is 4.79 Å². The van der Waals surface area contributed by atoms with Crippen LogP contribution in [-0.2, 0) is 0 Å². The van der Waals surface area contributed by atoms with Crippen molar-refractivity contribution in [3.63, 3.8) is 0 Å². The number of hydrogen-bond donors (Lipinski definition) is 1. The number of benzene rings is 1. The van der Waals surface area contributed by atoms with Crippen molar-refractivity contribution >= 4 is 11.5 Å². The fourth-order valence-corrected chi connectivity index (χ4v) is 2.96. The molecule has 1 aromatic heterocycles. The van der Waals surface area contributed by atoms with Gasteiger partial charge in [0.1, 0.15) is 5.69 Å². The molecule has 1 atom stereocenters. The predicted octanol–water partition coefficient (Wildman–Crippen LogP) is 5.15. The third kappa shape index (κ3) is 5.04. The number of allylic oxidation sites excluding steroid dienone is 6. The van der Waals surface area contributed by atoms with Crippen molar-refractivity contribution in [1.29, 1.82) is 0 Å². The molecule has 3 heteroatoms. The van der Waals surface area contributed by atoms with Gasteiger partial charge in [0.05, 0.1) is 0 Å². The third-order valence-corrected chi connectivity index (χ3v) is 4.77. The van der Waals surface area contributed by atoms with Gasteiger partial charge in [0, 0.05) is 18.2 Å². The van der Waals surface area contributed by atoms with Crippen LogP contribution in [0.2, 0.25) is 0 Å². The van der Waals surface area contributed by atoms with E-state index in [9.17, 15) is 4.79 Å². The first-order valence-electron chi connectivity index (χ1n) is 9.33. The molecule has 3 rings (SSSR count). The average Bonchev–Trinajstić information content (AvgIpc) is 2.87. The van der Waals surface area contributed by atoms with Gasteiger partial charge in [0.25, 0.3) is 5.91 Å². The van der Waals surface area contributed by atoms with E-state index in [4.69, 9.17) is 0 Å². The van der Waals surface area contributed by atoms with Gasteiger partial charge in [-0.3, -0.25) is 9.78 Å². The van der Waals surface area contributed by atoms with Gasteiger partial charge in [0.15, 0.2) is 0 Å². The maximum atomic E-state index is 12.1. The molecule has 1 N–H and O–H groups in total. The summed E-state index contributed by atoms with van der Waals surface area (Å²) in [5.74, 6) is 0.0893. The second kappa shape index (κ2) is 8.17. The quantitative estimate of drug-likeness (QED) is 0.803. The number of pyridine rings is 1. The molecular formula is C24H26N2O. The van der Waals surface area contributed by atoms with Gasteiger partial charge in [0.2, 0.25) is 0 Å². The lowest BCUT2D eigenvalue weighted by Crippen LogP contribution is -2.28. The molecule has 0 fully saturated rings. The van der Waals surface area contributed by atoms with Crippen LogP contribution in [-0.4, -0.2) is 17.4 Å². The minimum Gasteiger partial charge on any atom is -0.350 e. The van der Waals surface area contributed by atoms with E-state index in [1.165, 1.54) is 16.7 Å². The molecule has 1 heterocycles. The van der Waals surface area contributed by atoms with Crippen molar-refractivity contribution in [3.8, 4) is 0 Å². The topological polar surface area (TPSA) is 42.0 Å². The van der Waals surface area contributed by atoms with Gasteiger partial charge in [-0.2, -0.15) is 0 Å². The molecule has 0 spiro atoms. The smallest absolute Gasteiger partial charge is 0.269 e. The standard InChI is InChI=1S/C24H26N2O/c1-18(17-26-23(27)22-8-4-5-16-25-22)19-9-11-21(12-10-19)20-7-6-14-24(2,3)15-13-20/h4-16,18H,17H2,1-3H3,(H,26,27). The van der Waals surface area contributed by atoms with E-state index in [1.54, 1.807) is 18.3 Å². The highest BCUT2D eigenvalue weighted by Gasteiger charge is 2.12. The first kappa shape index (κ1) is 18.8. The Morgan fingerprint density at radius 1 is 1.11 bits per heavy atom. The van der Waals surface area contributed by atoms with Crippen LogP contribution in [0.1, 0.15) is 48.3 Å². The molecule has 1 aromatic carbocycles. The van der Waals surface area contributed by atoms with Gasteiger partial charge in [-0.25, -0.2) is 0 Å². The Morgan fingerprint density at radius 3 is 2.59 bits per heavy atom. The van der Waals surface area contributed by atoms with E-state index in [1.807, 2.05) is 6.07 Å². The number of carbonyl (C=O) groups excluding carboxylic acids is 1. The van der Waals surface area contributed by atoms with E-state index >= 15 is 0 Å². The molecule has 0 bridgehead atoms. The zero-order valence-corrected chi connectivity index (χ0v) is 16.1. The largest absolute Gasteiger partial charge is 0.350 e. The molecule has 1 amide bonds. The molecule has 0 saturated carbocycles. The lowest BCUT2D eigenvalue weighted by atomic mass is 9.92. The van der Waals surface area contributed by atoms with Crippen LogP contribution in [0.25, 0.3) is 5.57 Å². The monoisotopic (exact) mass is 358 g/mol. The molecule has 27 heavy (non-hydrogen) atoms. The van der Waals surface area contributed by atoms with Gasteiger partial charge < -0.3 is 5.32 Å². The maximum Gasteiger partial charge on any atom is 0.269 e. The Labute approximate surface area is 161 Å². The normalized spacial score (nSPS) is 16.3. The van der Waals surface area contributed by atoms with E-state index in [2.05, 4.69) is 85.7 Å². The molecule has 0 radical (unpaired) electrons. The number of hydrogen-bond acceptors (Lipinski definition) is 2. The van der Waals surface area contributed by atoms with Crippen molar-refractivity contribution in [2.45, 2.75) is 26.7 Å². The zero-order valence-electron chi connectivity index (χ0n) is 16.1. The second-order valence-electron chi connectivity index (χ2n) is 7.58. The fraction of sp³-hybridized carbons (Fsp3) is 0.250. The van der Waals surface area contributed by atoms with Crippen LogP contribution in [0.3, 0.4) is 0 Å². The lowest BCUT2D eigenvalue weighted by Gasteiger charge is -2.14. The summed E-state index contributed by atoms with van der Waals surface area (Å²) in [6.45, 7) is 7.08. The van der Waals surface area contributed by atoms with Crippen molar-refractivity contribution in [1.82, 2.24) is 10.3 Å². The summed E-state index contributed by atoms with van der Waals surface area (Å²) in [5.41, 5.74) is 4.14. The molecule has 1 aliphatic carbocycles. The predicted molar refractivity (Wildman–Crippen MR) is 111 cm³/mol. The van der Waals surface area contributed by atoms with Crippen molar-refractivity contribution in [3.05, 3.63) is 95.9 Å². The Bertz CT molecular complexity index is 874. The van der Waals surface area contributed by atoms with E-state index in [0.717, 1.165) is 0 Å². The van der Waals surface area contributed by atoms with Gasteiger partial charge in [-0.1, -0.05) is 81.5 Å². The maximum absolute atomic E-state index is 12.1. The molecule has 138 valence electrons. The molecule has 0 saturated heterocycles. The summed E-state index contributed by atoms with van der Waals surface area (Å²) in [6, 6.07) is 13.9. The van der Waals surface area contributed by atoms with Crippen LogP contribution >= 0.6 is 0 Å². The van der Waals surface area contributed by atoms with Crippen molar-refractivity contribution in [2.75, 3.05) is 6.54 Å². The minimum absolute atomic E-state index is 0.0819. The van der Waals surface area contributed by atoms with E-state index in [-0.39, 0.29) is 17.2 Å². The first-order chi connectivity index (χ1) is 12.9. The van der Waals surface area contributed by atoms with Gasteiger partial charge in [-0.15, -0.1) is 0 Å². The molecule has 1 aliphatic rings. The van der Waals surface area contributed by atoms with E-state index < -0.39 is 0 Å². The fourth-order valence-electron chi connectivity index (χ4n) is 2.96. The number of carbonyl (C=O) groups is 1. The zero-order chi connectivity index (χ0) is 19.3. The summed E-state index contributed by atoms with van der Waals surface area (Å²) in [6.07, 6.45) is 12.5. The lowest BCUT2D eigenvalue weighted by molar-refractivity contribution is 0.0946. The number of nitrogens with one attached hydrogen (secondary N) is 1. The summed E-state index contributed by atoms with van der Waals surface area (Å²) in [4.78, 5) is 16.2. The first-order valence-corrected chi connectivity index (χ1v) is 9.33. The van der Waals surface area contributed by atoms with Gasteiger partial charge >= 0.3 is 0 Å². The number of rotatable bonds is 5. The number of amides is 1. The molecule has 0 aliphatic heterocycles. The summed E-state index contributed by atoms with van der Waals surface area (Å²) < 4.78 is 0. The number of nitrogens with zero attached hydrogens (tertiary/aromatic N) is 1.